The first kappa shape index (κ1) is 12.0. The molecule has 0 N–H and O–H groups in total. The van der Waals surface area contributed by atoms with Gasteiger partial charge in [0.2, 0.25) is 0 Å². The van der Waals surface area contributed by atoms with Gasteiger partial charge in [0.05, 0.1) is 16.9 Å². The molecule has 6 heteroatoms. The SMILES string of the molecule is O=C1CS(=Cc2ccccc2C(F)(F)F)C=N1. The maximum absolute atomic E-state index is 12.7. The van der Waals surface area contributed by atoms with Gasteiger partial charge in [0.25, 0.3) is 5.91 Å². The molecule has 0 saturated heterocycles. The zero-order valence-electron chi connectivity index (χ0n) is 8.57. The summed E-state index contributed by atoms with van der Waals surface area (Å²) in [5.74, 6) is -0.110. The molecule has 0 saturated carbocycles. The number of rotatable bonds is 1. The molecule has 2 nitrogen and oxygen atoms in total. The van der Waals surface area contributed by atoms with Crippen LogP contribution in [0.15, 0.2) is 29.3 Å². The van der Waals surface area contributed by atoms with Crippen LogP contribution in [0.3, 0.4) is 0 Å². The molecule has 1 unspecified atom stereocenters. The van der Waals surface area contributed by atoms with Crippen LogP contribution >= 0.6 is 10.5 Å². The minimum atomic E-state index is -4.38. The normalized spacial score (nSPS) is 20.2. The van der Waals surface area contributed by atoms with Crippen molar-refractivity contribution in [2.75, 3.05) is 5.75 Å². The van der Waals surface area contributed by atoms with Gasteiger partial charge in [-0.15, -0.1) is 10.5 Å². The Bertz CT molecular complexity index is 520. The fourth-order valence-corrected chi connectivity index (χ4v) is 2.80. The van der Waals surface area contributed by atoms with Crippen molar-refractivity contribution in [3.05, 3.63) is 35.4 Å². The molecule has 2 rings (SSSR count). The fourth-order valence-electron chi connectivity index (χ4n) is 1.44. The lowest BCUT2D eigenvalue weighted by Gasteiger charge is -2.10. The molecule has 0 aliphatic carbocycles. The second-order valence-corrected chi connectivity index (χ2v) is 5.12. The van der Waals surface area contributed by atoms with E-state index >= 15 is 0 Å². The van der Waals surface area contributed by atoms with Crippen LogP contribution in [0.2, 0.25) is 0 Å². The standard InChI is InChI=1S/C11H8F3NOS/c12-11(13,14)9-4-2-1-3-8(9)5-17-6-10(16)15-7-17/h1-5,7H,6H2. The zero-order valence-corrected chi connectivity index (χ0v) is 9.39. The summed E-state index contributed by atoms with van der Waals surface area (Å²) in [6, 6.07) is 5.31. The van der Waals surface area contributed by atoms with Crippen molar-refractivity contribution in [3.63, 3.8) is 0 Å². The number of amides is 1. The monoisotopic (exact) mass is 259 g/mol. The lowest BCUT2D eigenvalue weighted by Crippen LogP contribution is -2.08. The second kappa shape index (κ2) is 4.44. The van der Waals surface area contributed by atoms with Crippen molar-refractivity contribution in [2.45, 2.75) is 6.18 Å². The van der Waals surface area contributed by atoms with E-state index in [9.17, 15) is 18.0 Å². The Morgan fingerprint density at radius 2 is 2.00 bits per heavy atom. The number of nitrogens with zero attached hydrogens (tertiary/aromatic N) is 1. The first-order chi connectivity index (χ1) is 7.97. The molecule has 90 valence electrons. The Balaban J connectivity index is 2.40. The van der Waals surface area contributed by atoms with E-state index in [1.54, 1.807) is 6.07 Å². The molecule has 17 heavy (non-hydrogen) atoms. The van der Waals surface area contributed by atoms with Crippen LogP contribution in [0.5, 0.6) is 0 Å². The highest BCUT2D eigenvalue weighted by atomic mass is 32.2. The molecule has 0 spiro atoms. The summed E-state index contributed by atoms with van der Waals surface area (Å²) >= 11 is 0. The topological polar surface area (TPSA) is 29.4 Å². The van der Waals surface area contributed by atoms with Gasteiger partial charge in [0.1, 0.15) is 0 Å². The highest BCUT2D eigenvalue weighted by Gasteiger charge is 2.32. The van der Waals surface area contributed by atoms with Crippen LogP contribution in [0, 0.1) is 0 Å². The summed E-state index contributed by atoms with van der Waals surface area (Å²) in [6.45, 7) is 0. The van der Waals surface area contributed by atoms with Crippen molar-refractivity contribution in [1.82, 2.24) is 0 Å². The average molecular weight is 259 g/mol. The number of halogens is 3. The molecule has 1 aromatic rings. The van der Waals surface area contributed by atoms with Gasteiger partial charge in [0, 0.05) is 0 Å². The van der Waals surface area contributed by atoms with E-state index in [2.05, 4.69) is 4.99 Å². The van der Waals surface area contributed by atoms with Gasteiger partial charge in [-0.3, -0.25) is 4.79 Å². The number of aliphatic imine (C=N–C) groups is 1. The van der Waals surface area contributed by atoms with Gasteiger partial charge < -0.3 is 0 Å². The summed E-state index contributed by atoms with van der Waals surface area (Å²) in [5, 5.41) is 1.46. The predicted molar refractivity (Wildman–Crippen MR) is 62.6 cm³/mol. The van der Waals surface area contributed by atoms with E-state index in [4.69, 9.17) is 0 Å². The molecule has 1 aliphatic heterocycles. The Hall–Kier alpha value is -1.43. The number of hydrogen-bond donors (Lipinski definition) is 0. The fraction of sp³-hybridized carbons (Fsp3) is 0.182. The molecule has 1 heterocycles. The van der Waals surface area contributed by atoms with Crippen molar-refractivity contribution < 1.29 is 18.0 Å². The smallest absolute Gasteiger partial charge is 0.272 e. The number of hydrogen-bond acceptors (Lipinski definition) is 1. The lowest BCUT2D eigenvalue weighted by molar-refractivity contribution is -0.137. The number of carbonyl (C=O) groups excluding carboxylic acids is 1. The van der Waals surface area contributed by atoms with E-state index in [0.717, 1.165) is 6.07 Å². The molecule has 1 amide bonds. The van der Waals surface area contributed by atoms with Crippen molar-refractivity contribution in [2.24, 2.45) is 4.99 Å². The molecule has 1 aliphatic rings. The number of alkyl halides is 3. The van der Waals surface area contributed by atoms with E-state index in [-0.39, 0.29) is 17.2 Å². The van der Waals surface area contributed by atoms with Crippen molar-refractivity contribution >= 4 is 27.3 Å². The average Bonchev–Trinajstić information content (AvgIpc) is 2.63. The molecule has 1 atom stereocenters. The van der Waals surface area contributed by atoms with Gasteiger partial charge in [-0.1, -0.05) is 18.2 Å². The van der Waals surface area contributed by atoms with Crippen LogP contribution in [0.25, 0.3) is 0 Å². The Kier molecular flexibility index (Phi) is 3.15. The maximum Gasteiger partial charge on any atom is 0.417 e. The van der Waals surface area contributed by atoms with Gasteiger partial charge in [-0.25, -0.2) is 4.99 Å². The summed E-state index contributed by atoms with van der Waals surface area (Å²) in [7, 11) is -0.620. The zero-order chi connectivity index (χ0) is 12.5. The van der Waals surface area contributed by atoms with Gasteiger partial charge in [-0.2, -0.15) is 13.2 Å². The van der Waals surface area contributed by atoms with Gasteiger partial charge >= 0.3 is 6.18 Å². The van der Waals surface area contributed by atoms with Crippen LogP contribution in [0.1, 0.15) is 11.1 Å². The Morgan fingerprint density at radius 3 is 2.59 bits per heavy atom. The Labute approximate surface area is 98.1 Å². The first-order valence-electron chi connectivity index (χ1n) is 4.73. The van der Waals surface area contributed by atoms with E-state index < -0.39 is 22.2 Å². The molecular weight excluding hydrogens is 251 g/mol. The maximum atomic E-state index is 12.7. The molecule has 1 aromatic carbocycles. The predicted octanol–water partition coefficient (Wildman–Crippen LogP) is 2.69. The third-order valence-electron chi connectivity index (χ3n) is 2.17. The molecule has 0 bridgehead atoms. The second-order valence-electron chi connectivity index (χ2n) is 3.44. The largest absolute Gasteiger partial charge is 0.417 e. The van der Waals surface area contributed by atoms with Gasteiger partial charge in [0.15, 0.2) is 0 Å². The van der Waals surface area contributed by atoms with Crippen LogP contribution < -0.4 is 0 Å². The van der Waals surface area contributed by atoms with Crippen LogP contribution in [-0.4, -0.2) is 22.6 Å². The van der Waals surface area contributed by atoms with Crippen LogP contribution in [0.4, 0.5) is 13.2 Å². The van der Waals surface area contributed by atoms with Crippen molar-refractivity contribution in [1.29, 1.82) is 0 Å². The quantitative estimate of drug-likeness (QED) is 0.713. The molecule has 0 fully saturated rings. The summed E-state index contributed by atoms with van der Waals surface area (Å²) in [6.07, 6.45) is -4.38. The molecule has 0 radical (unpaired) electrons. The highest BCUT2D eigenvalue weighted by Crippen LogP contribution is 2.32. The highest BCUT2D eigenvalue weighted by molar-refractivity contribution is 8.27. The van der Waals surface area contributed by atoms with Crippen LogP contribution in [-0.2, 0) is 11.0 Å². The lowest BCUT2D eigenvalue weighted by atomic mass is 10.1. The summed E-state index contributed by atoms with van der Waals surface area (Å²) < 4.78 is 38.0. The van der Waals surface area contributed by atoms with Crippen molar-refractivity contribution in [3.8, 4) is 0 Å². The first-order valence-corrected chi connectivity index (χ1v) is 6.25. The minimum absolute atomic E-state index is 0.101. The molecule has 0 aromatic heterocycles. The summed E-state index contributed by atoms with van der Waals surface area (Å²) in [5.41, 5.74) is 0.833. The third kappa shape index (κ3) is 2.82. The third-order valence-corrected chi connectivity index (χ3v) is 3.68. The van der Waals surface area contributed by atoms with E-state index in [0.29, 0.717) is 0 Å². The van der Waals surface area contributed by atoms with E-state index in [1.165, 1.54) is 23.0 Å². The Morgan fingerprint density at radius 1 is 1.29 bits per heavy atom. The minimum Gasteiger partial charge on any atom is -0.272 e. The van der Waals surface area contributed by atoms with E-state index in [1.807, 2.05) is 0 Å². The summed E-state index contributed by atoms with van der Waals surface area (Å²) in [4.78, 5) is 14.4. The number of benzene rings is 1. The molecular formula is C11H8F3NOS. The number of carbonyl (C=O) groups is 1. The van der Waals surface area contributed by atoms with Gasteiger partial charge in [-0.05, 0) is 17.0 Å².